The smallest absolute Gasteiger partial charge is 0.272 e. The molecule has 4 nitrogen and oxygen atoms in total. The molecule has 2 aromatic rings. The first-order chi connectivity index (χ1) is 9.74. The average Bonchev–Trinajstić information content (AvgIpc) is 2.90. The van der Waals surface area contributed by atoms with Crippen LogP contribution in [-0.2, 0) is 19.4 Å². The highest BCUT2D eigenvalue weighted by atomic mass is 79.9. The molecule has 0 fully saturated rings. The Kier molecular flexibility index (Phi) is 3.87. The van der Waals surface area contributed by atoms with Crippen molar-refractivity contribution in [1.29, 1.82) is 0 Å². The molecule has 0 bridgehead atoms. The number of carbonyl (C=O) groups is 1. The van der Waals surface area contributed by atoms with Gasteiger partial charge in [-0.1, -0.05) is 28.1 Å². The number of halogens is 1. The summed E-state index contributed by atoms with van der Waals surface area (Å²) >= 11 is 3.40. The molecule has 1 aromatic heterocycles. The van der Waals surface area contributed by atoms with Gasteiger partial charge < -0.3 is 5.32 Å². The van der Waals surface area contributed by atoms with Crippen LogP contribution < -0.4 is 5.32 Å². The van der Waals surface area contributed by atoms with Gasteiger partial charge in [-0.3, -0.25) is 9.89 Å². The van der Waals surface area contributed by atoms with E-state index in [1.165, 1.54) is 6.42 Å². The number of fused-ring (bicyclic) bond motifs is 1. The topological polar surface area (TPSA) is 57.8 Å². The molecule has 2 N–H and O–H groups in total. The maximum absolute atomic E-state index is 12.2. The lowest BCUT2D eigenvalue weighted by molar-refractivity contribution is 0.0945. The zero-order valence-corrected chi connectivity index (χ0v) is 12.7. The highest BCUT2D eigenvalue weighted by Gasteiger charge is 2.21. The molecule has 1 amide bonds. The normalized spacial score (nSPS) is 13.8. The minimum atomic E-state index is -0.0904. The summed E-state index contributed by atoms with van der Waals surface area (Å²) in [6.45, 7) is 0.522. The number of aromatic nitrogens is 2. The van der Waals surface area contributed by atoms with Crippen LogP contribution in [0.2, 0.25) is 0 Å². The van der Waals surface area contributed by atoms with E-state index in [0.29, 0.717) is 12.2 Å². The number of H-pyrrole nitrogens is 1. The number of hydrogen-bond acceptors (Lipinski definition) is 2. The van der Waals surface area contributed by atoms with E-state index in [1.807, 2.05) is 24.3 Å². The highest BCUT2D eigenvalue weighted by molar-refractivity contribution is 9.10. The van der Waals surface area contributed by atoms with Gasteiger partial charge in [0.05, 0.1) is 0 Å². The van der Waals surface area contributed by atoms with Crippen LogP contribution in [0, 0.1) is 0 Å². The maximum Gasteiger partial charge on any atom is 0.272 e. The van der Waals surface area contributed by atoms with E-state index in [9.17, 15) is 4.79 Å². The zero-order valence-electron chi connectivity index (χ0n) is 11.1. The summed E-state index contributed by atoms with van der Waals surface area (Å²) in [6, 6.07) is 7.92. The molecule has 1 aromatic carbocycles. The zero-order chi connectivity index (χ0) is 13.9. The van der Waals surface area contributed by atoms with Gasteiger partial charge in [0.25, 0.3) is 5.91 Å². The first kappa shape index (κ1) is 13.4. The molecule has 0 unspecified atom stereocenters. The standard InChI is InChI=1S/C15H16BrN3O/c16-11-7-5-10(6-8-11)9-17-15(20)14-12-3-1-2-4-13(12)18-19-14/h5-8H,1-4,9H2,(H,17,20)(H,18,19). The summed E-state index contributed by atoms with van der Waals surface area (Å²) in [4.78, 5) is 12.2. The summed E-state index contributed by atoms with van der Waals surface area (Å²) in [5.74, 6) is -0.0904. The summed E-state index contributed by atoms with van der Waals surface area (Å²) in [7, 11) is 0. The van der Waals surface area contributed by atoms with Crippen LogP contribution in [0.5, 0.6) is 0 Å². The van der Waals surface area contributed by atoms with E-state index < -0.39 is 0 Å². The van der Waals surface area contributed by atoms with E-state index in [-0.39, 0.29) is 5.91 Å². The minimum Gasteiger partial charge on any atom is -0.347 e. The third kappa shape index (κ3) is 2.77. The molecule has 20 heavy (non-hydrogen) atoms. The molecule has 1 heterocycles. The Labute approximate surface area is 126 Å². The predicted molar refractivity (Wildman–Crippen MR) is 80.5 cm³/mol. The predicted octanol–water partition coefficient (Wildman–Crippen LogP) is 2.98. The molecule has 5 heteroatoms. The van der Waals surface area contributed by atoms with Crippen LogP contribution >= 0.6 is 15.9 Å². The van der Waals surface area contributed by atoms with Crippen molar-refractivity contribution in [3.8, 4) is 0 Å². The number of carbonyl (C=O) groups excluding carboxylic acids is 1. The fraction of sp³-hybridized carbons (Fsp3) is 0.333. The van der Waals surface area contributed by atoms with Crippen LogP contribution in [0.1, 0.15) is 40.2 Å². The van der Waals surface area contributed by atoms with Gasteiger partial charge in [0.15, 0.2) is 5.69 Å². The van der Waals surface area contributed by atoms with Crippen LogP contribution in [0.25, 0.3) is 0 Å². The molecule has 1 aliphatic carbocycles. The van der Waals surface area contributed by atoms with Crippen molar-refractivity contribution in [3.05, 3.63) is 51.3 Å². The molecule has 0 radical (unpaired) electrons. The monoisotopic (exact) mass is 333 g/mol. The third-order valence-electron chi connectivity index (χ3n) is 3.64. The van der Waals surface area contributed by atoms with Crippen LogP contribution in [0.3, 0.4) is 0 Å². The van der Waals surface area contributed by atoms with Gasteiger partial charge in [0.2, 0.25) is 0 Å². The number of rotatable bonds is 3. The van der Waals surface area contributed by atoms with Crippen LogP contribution in [0.4, 0.5) is 0 Å². The van der Waals surface area contributed by atoms with E-state index >= 15 is 0 Å². The van der Waals surface area contributed by atoms with Gasteiger partial charge in [-0.15, -0.1) is 0 Å². The number of amides is 1. The minimum absolute atomic E-state index is 0.0904. The van der Waals surface area contributed by atoms with E-state index in [0.717, 1.165) is 40.6 Å². The fourth-order valence-corrected chi connectivity index (χ4v) is 2.80. The second kappa shape index (κ2) is 5.79. The Morgan fingerprint density at radius 3 is 2.80 bits per heavy atom. The van der Waals surface area contributed by atoms with Crippen molar-refractivity contribution in [2.24, 2.45) is 0 Å². The molecule has 0 saturated carbocycles. The molecule has 0 atom stereocenters. The quantitative estimate of drug-likeness (QED) is 0.907. The van der Waals surface area contributed by atoms with Gasteiger partial charge in [0.1, 0.15) is 0 Å². The van der Waals surface area contributed by atoms with Gasteiger partial charge in [-0.2, -0.15) is 5.10 Å². The van der Waals surface area contributed by atoms with Crippen molar-refractivity contribution in [2.45, 2.75) is 32.2 Å². The summed E-state index contributed by atoms with van der Waals surface area (Å²) in [6.07, 6.45) is 4.27. The Balaban J connectivity index is 1.67. The van der Waals surface area contributed by atoms with Crippen LogP contribution in [0.15, 0.2) is 28.7 Å². The number of benzene rings is 1. The van der Waals surface area contributed by atoms with Crippen molar-refractivity contribution >= 4 is 21.8 Å². The lowest BCUT2D eigenvalue weighted by Crippen LogP contribution is -2.24. The van der Waals surface area contributed by atoms with Crippen LogP contribution in [-0.4, -0.2) is 16.1 Å². The number of nitrogens with one attached hydrogen (secondary N) is 2. The Morgan fingerprint density at radius 2 is 2.00 bits per heavy atom. The number of nitrogens with zero attached hydrogens (tertiary/aromatic N) is 1. The molecular weight excluding hydrogens is 318 g/mol. The molecule has 0 aliphatic heterocycles. The van der Waals surface area contributed by atoms with Gasteiger partial charge in [-0.25, -0.2) is 0 Å². The third-order valence-corrected chi connectivity index (χ3v) is 4.17. The van der Waals surface area contributed by atoms with Crippen molar-refractivity contribution in [1.82, 2.24) is 15.5 Å². The van der Waals surface area contributed by atoms with Gasteiger partial charge in [-0.05, 0) is 43.4 Å². The van der Waals surface area contributed by atoms with E-state index in [1.54, 1.807) is 0 Å². The highest BCUT2D eigenvalue weighted by Crippen LogP contribution is 2.22. The molecule has 3 rings (SSSR count). The largest absolute Gasteiger partial charge is 0.347 e. The average molecular weight is 334 g/mol. The van der Waals surface area contributed by atoms with E-state index in [4.69, 9.17) is 0 Å². The van der Waals surface area contributed by atoms with Crippen molar-refractivity contribution in [2.75, 3.05) is 0 Å². The number of aromatic amines is 1. The first-order valence-electron chi connectivity index (χ1n) is 6.83. The first-order valence-corrected chi connectivity index (χ1v) is 7.62. The lowest BCUT2D eigenvalue weighted by atomic mass is 9.96. The fourth-order valence-electron chi connectivity index (χ4n) is 2.54. The number of aryl methyl sites for hydroxylation is 1. The SMILES string of the molecule is O=C(NCc1ccc(Br)cc1)c1n[nH]c2c1CCCC2. The second-order valence-corrected chi connectivity index (χ2v) is 5.96. The van der Waals surface area contributed by atoms with Crippen molar-refractivity contribution < 1.29 is 4.79 Å². The molecule has 0 spiro atoms. The maximum atomic E-state index is 12.2. The Morgan fingerprint density at radius 1 is 1.25 bits per heavy atom. The Bertz CT molecular complexity index is 619. The van der Waals surface area contributed by atoms with Gasteiger partial charge >= 0.3 is 0 Å². The molecule has 0 saturated heterocycles. The van der Waals surface area contributed by atoms with E-state index in [2.05, 4.69) is 31.4 Å². The van der Waals surface area contributed by atoms with Crippen molar-refractivity contribution in [3.63, 3.8) is 0 Å². The molecular formula is C15H16BrN3O. The lowest BCUT2D eigenvalue weighted by Gasteiger charge is -2.11. The molecule has 1 aliphatic rings. The second-order valence-electron chi connectivity index (χ2n) is 5.05. The summed E-state index contributed by atoms with van der Waals surface area (Å²) in [5, 5.41) is 10.1. The summed E-state index contributed by atoms with van der Waals surface area (Å²) in [5.41, 5.74) is 3.87. The molecule has 104 valence electrons. The van der Waals surface area contributed by atoms with Gasteiger partial charge in [0, 0.05) is 22.3 Å². The summed E-state index contributed by atoms with van der Waals surface area (Å²) < 4.78 is 1.04. The Hall–Kier alpha value is -1.62. The number of hydrogen-bond donors (Lipinski definition) is 2.